The average molecular weight is 342 g/mol. The van der Waals surface area contributed by atoms with Crippen LogP contribution in [-0.2, 0) is 4.79 Å². The Labute approximate surface area is 144 Å². The zero-order chi connectivity index (χ0) is 18.1. The second kappa shape index (κ2) is 6.43. The monoisotopic (exact) mass is 342 g/mol. The van der Waals surface area contributed by atoms with Gasteiger partial charge in [0.1, 0.15) is 0 Å². The van der Waals surface area contributed by atoms with Gasteiger partial charge < -0.3 is 14.8 Å². The van der Waals surface area contributed by atoms with Gasteiger partial charge in [-0.15, -0.1) is 0 Å². The summed E-state index contributed by atoms with van der Waals surface area (Å²) in [6.45, 7) is 1.69. The maximum absolute atomic E-state index is 12.1. The first-order chi connectivity index (χ1) is 11.9. The number of nitro groups is 1. The highest BCUT2D eigenvalue weighted by molar-refractivity contribution is 5.96. The van der Waals surface area contributed by atoms with Gasteiger partial charge in [0.2, 0.25) is 5.91 Å². The number of anilines is 1. The third-order valence-electron chi connectivity index (χ3n) is 4.43. The van der Waals surface area contributed by atoms with Crippen molar-refractivity contribution >= 4 is 17.3 Å². The van der Waals surface area contributed by atoms with E-state index in [1.165, 1.54) is 14.2 Å². The summed E-state index contributed by atoms with van der Waals surface area (Å²) in [5.74, 6) is 0.622. The van der Waals surface area contributed by atoms with Gasteiger partial charge in [-0.1, -0.05) is 12.1 Å². The number of aryl methyl sites for hydroxylation is 1. The molecule has 0 fully saturated rings. The molecule has 25 heavy (non-hydrogen) atoms. The average Bonchev–Trinajstić information content (AvgIpc) is 2.60. The zero-order valence-corrected chi connectivity index (χ0v) is 14.2. The molecule has 7 heteroatoms. The van der Waals surface area contributed by atoms with Gasteiger partial charge >= 0.3 is 0 Å². The lowest BCUT2D eigenvalue weighted by atomic mass is 9.84. The lowest BCUT2D eigenvalue weighted by Crippen LogP contribution is -2.23. The normalized spacial score (nSPS) is 16.0. The molecule has 1 aliphatic heterocycles. The zero-order valence-electron chi connectivity index (χ0n) is 14.2. The SMILES string of the molecule is COc1cc2c(cc1OC)[C@@H](c1ccc(C)c([N+](=O)[O-])c1)CC(=O)N2. The molecule has 0 aliphatic carbocycles. The molecule has 1 heterocycles. The Bertz CT molecular complexity index is 863. The maximum atomic E-state index is 12.1. The van der Waals surface area contributed by atoms with Gasteiger partial charge in [-0.05, 0) is 24.1 Å². The molecule has 0 radical (unpaired) electrons. The van der Waals surface area contributed by atoms with Crippen LogP contribution in [0.5, 0.6) is 11.5 Å². The highest BCUT2D eigenvalue weighted by atomic mass is 16.6. The Balaban J connectivity index is 2.15. The molecule has 0 bridgehead atoms. The van der Waals surface area contributed by atoms with E-state index in [2.05, 4.69) is 5.32 Å². The third kappa shape index (κ3) is 3.00. The Morgan fingerprint density at radius 1 is 1.16 bits per heavy atom. The fourth-order valence-corrected chi connectivity index (χ4v) is 3.13. The standard InChI is InChI=1S/C18H18N2O5/c1-10-4-5-11(6-15(10)20(22)23)12-8-18(21)19-14-9-17(25-3)16(24-2)7-13(12)14/h4-7,9,12H,8H2,1-3H3,(H,19,21)/t12-/m1/s1. The molecule has 0 aromatic heterocycles. The van der Waals surface area contributed by atoms with E-state index < -0.39 is 4.92 Å². The third-order valence-corrected chi connectivity index (χ3v) is 4.43. The quantitative estimate of drug-likeness (QED) is 0.679. The number of carbonyl (C=O) groups excluding carboxylic acids is 1. The van der Waals surface area contributed by atoms with Gasteiger partial charge in [0.25, 0.3) is 5.69 Å². The minimum absolute atomic E-state index is 0.0468. The topological polar surface area (TPSA) is 90.7 Å². The number of rotatable bonds is 4. The fourth-order valence-electron chi connectivity index (χ4n) is 3.13. The summed E-state index contributed by atoms with van der Waals surface area (Å²) in [5.41, 5.74) is 2.82. The number of methoxy groups -OCH3 is 2. The van der Waals surface area contributed by atoms with Gasteiger partial charge in [-0.2, -0.15) is 0 Å². The van der Waals surface area contributed by atoms with Crippen molar-refractivity contribution in [2.24, 2.45) is 0 Å². The van der Waals surface area contributed by atoms with Crippen LogP contribution in [0.1, 0.15) is 29.0 Å². The Hall–Kier alpha value is -3.09. The summed E-state index contributed by atoms with van der Waals surface area (Å²) in [6, 6.07) is 8.59. The minimum Gasteiger partial charge on any atom is -0.493 e. The Kier molecular flexibility index (Phi) is 4.31. The van der Waals surface area contributed by atoms with E-state index in [4.69, 9.17) is 9.47 Å². The number of fused-ring (bicyclic) bond motifs is 1. The predicted octanol–water partition coefficient (Wildman–Crippen LogP) is 3.39. The first-order valence-corrected chi connectivity index (χ1v) is 7.75. The van der Waals surface area contributed by atoms with Crippen LogP contribution >= 0.6 is 0 Å². The van der Waals surface area contributed by atoms with Crippen LogP contribution in [0.25, 0.3) is 0 Å². The van der Waals surface area contributed by atoms with Gasteiger partial charge in [0.05, 0.1) is 19.1 Å². The van der Waals surface area contributed by atoms with Gasteiger partial charge in [-0.25, -0.2) is 0 Å². The van der Waals surface area contributed by atoms with Crippen molar-refractivity contribution in [1.82, 2.24) is 0 Å². The largest absolute Gasteiger partial charge is 0.493 e. The van der Waals surface area contributed by atoms with Crippen molar-refractivity contribution in [3.05, 3.63) is 57.1 Å². The predicted molar refractivity (Wildman–Crippen MR) is 92.5 cm³/mol. The number of hydrogen-bond acceptors (Lipinski definition) is 5. The van der Waals surface area contributed by atoms with Crippen molar-refractivity contribution in [2.75, 3.05) is 19.5 Å². The van der Waals surface area contributed by atoms with Crippen LogP contribution in [0.15, 0.2) is 30.3 Å². The van der Waals surface area contributed by atoms with Crippen molar-refractivity contribution in [3.63, 3.8) is 0 Å². The molecule has 1 amide bonds. The Morgan fingerprint density at radius 2 is 1.84 bits per heavy atom. The minimum atomic E-state index is -0.406. The molecular weight excluding hydrogens is 324 g/mol. The van der Waals surface area contributed by atoms with Crippen LogP contribution in [0.4, 0.5) is 11.4 Å². The van der Waals surface area contributed by atoms with Crippen molar-refractivity contribution in [1.29, 1.82) is 0 Å². The number of benzene rings is 2. The van der Waals surface area contributed by atoms with Gasteiger partial charge in [-0.3, -0.25) is 14.9 Å². The number of nitrogens with zero attached hydrogens (tertiary/aromatic N) is 1. The Morgan fingerprint density at radius 3 is 2.48 bits per heavy atom. The lowest BCUT2D eigenvalue weighted by molar-refractivity contribution is -0.385. The summed E-state index contributed by atoms with van der Waals surface area (Å²) in [5, 5.41) is 14.1. The second-order valence-electron chi connectivity index (χ2n) is 5.90. The van der Waals surface area contributed by atoms with Crippen LogP contribution in [0.2, 0.25) is 0 Å². The van der Waals surface area contributed by atoms with Crippen molar-refractivity contribution in [2.45, 2.75) is 19.3 Å². The molecule has 7 nitrogen and oxygen atoms in total. The summed E-state index contributed by atoms with van der Waals surface area (Å²) >= 11 is 0. The number of amides is 1. The van der Waals surface area contributed by atoms with E-state index in [0.717, 1.165) is 11.1 Å². The van der Waals surface area contributed by atoms with E-state index in [0.29, 0.717) is 22.7 Å². The highest BCUT2D eigenvalue weighted by Gasteiger charge is 2.29. The molecule has 0 unspecified atom stereocenters. The number of carbonyl (C=O) groups is 1. The van der Waals surface area contributed by atoms with Crippen LogP contribution in [0, 0.1) is 17.0 Å². The smallest absolute Gasteiger partial charge is 0.272 e. The molecule has 130 valence electrons. The molecule has 1 aliphatic rings. The molecule has 1 N–H and O–H groups in total. The van der Waals surface area contributed by atoms with Crippen LogP contribution in [0.3, 0.4) is 0 Å². The molecule has 2 aromatic carbocycles. The van der Waals surface area contributed by atoms with Crippen LogP contribution in [-0.4, -0.2) is 25.1 Å². The molecule has 0 saturated heterocycles. The van der Waals surface area contributed by atoms with Gasteiger partial charge in [0, 0.05) is 35.7 Å². The van der Waals surface area contributed by atoms with Gasteiger partial charge in [0.15, 0.2) is 11.5 Å². The summed E-state index contributed by atoms with van der Waals surface area (Å²) in [4.78, 5) is 23.0. The molecule has 1 atom stereocenters. The van der Waals surface area contributed by atoms with Crippen molar-refractivity contribution in [3.8, 4) is 11.5 Å². The highest BCUT2D eigenvalue weighted by Crippen LogP contribution is 2.43. The first kappa shape index (κ1) is 16.8. The number of hydrogen-bond donors (Lipinski definition) is 1. The fraction of sp³-hybridized carbons (Fsp3) is 0.278. The maximum Gasteiger partial charge on any atom is 0.272 e. The summed E-state index contributed by atoms with van der Waals surface area (Å²) in [6.07, 6.45) is 0.211. The second-order valence-corrected chi connectivity index (χ2v) is 5.90. The van der Waals surface area contributed by atoms with Crippen LogP contribution < -0.4 is 14.8 Å². The molecule has 3 rings (SSSR count). The molecule has 0 saturated carbocycles. The van der Waals surface area contributed by atoms with E-state index >= 15 is 0 Å². The van der Waals surface area contributed by atoms with E-state index in [-0.39, 0.29) is 23.9 Å². The summed E-state index contributed by atoms with van der Waals surface area (Å²) < 4.78 is 10.6. The number of ether oxygens (including phenoxy) is 2. The molecule has 2 aromatic rings. The van der Waals surface area contributed by atoms with Crippen molar-refractivity contribution < 1.29 is 19.2 Å². The summed E-state index contributed by atoms with van der Waals surface area (Å²) in [7, 11) is 3.06. The van der Waals surface area contributed by atoms with E-state index in [1.807, 2.05) is 12.1 Å². The molecule has 0 spiro atoms. The van der Waals surface area contributed by atoms with E-state index in [9.17, 15) is 14.9 Å². The first-order valence-electron chi connectivity index (χ1n) is 7.75. The molecular formula is C18H18N2O5. The lowest BCUT2D eigenvalue weighted by Gasteiger charge is -2.27. The van der Waals surface area contributed by atoms with E-state index in [1.54, 1.807) is 25.1 Å². The number of nitro benzene ring substituents is 1. The number of nitrogens with one attached hydrogen (secondary N) is 1.